The van der Waals surface area contributed by atoms with Crippen LogP contribution in [0.2, 0.25) is 0 Å². The van der Waals surface area contributed by atoms with Gasteiger partial charge >= 0.3 is 0 Å². The van der Waals surface area contributed by atoms with Crippen LogP contribution in [0.15, 0.2) is 73.1 Å². The minimum Gasteiger partial charge on any atom is -0.382 e. The highest BCUT2D eigenvalue weighted by atomic mass is 19.1. The van der Waals surface area contributed by atoms with E-state index in [1.54, 1.807) is 65.5 Å². The molecule has 0 saturated carbocycles. The molecular formula is C25H16FN7O2. The van der Waals surface area contributed by atoms with Crippen LogP contribution in [0.25, 0.3) is 22.6 Å². The van der Waals surface area contributed by atoms with Crippen molar-refractivity contribution in [2.75, 3.05) is 10.6 Å². The molecule has 170 valence electrons. The van der Waals surface area contributed by atoms with E-state index >= 15 is 0 Å². The maximum absolute atomic E-state index is 14.2. The third-order valence-electron chi connectivity index (χ3n) is 5.83. The number of imide groups is 1. The lowest BCUT2D eigenvalue weighted by Gasteiger charge is -2.15. The number of amides is 2. The summed E-state index contributed by atoms with van der Waals surface area (Å²) in [6.45, 7) is 0.156. The fraction of sp³-hybridized carbons (Fsp3) is 0.0400. The van der Waals surface area contributed by atoms with Gasteiger partial charge in [-0.2, -0.15) is 5.10 Å². The van der Waals surface area contributed by atoms with Crippen LogP contribution in [-0.4, -0.2) is 36.5 Å². The molecule has 9 nitrogen and oxygen atoms in total. The fourth-order valence-electron chi connectivity index (χ4n) is 4.16. The standard InChI is InChI=1S/C25H16FN7O2/c26-18-10-4-1-6-14(18)13-32-23-17(9-5-11-28-23)20(31-32)22-29-12-19(21(27)30-22)33-24(34)15-7-2-3-8-16(15)25(33)35/h1-12H,13H2,(H2,27,29,30). The van der Waals surface area contributed by atoms with Gasteiger partial charge in [-0.15, -0.1) is 0 Å². The minimum atomic E-state index is -0.488. The molecule has 1 aliphatic heterocycles. The Hall–Kier alpha value is -4.99. The van der Waals surface area contributed by atoms with Gasteiger partial charge in [-0.25, -0.2) is 28.9 Å². The number of pyridine rings is 1. The number of hydrogen-bond acceptors (Lipinski definition) is 7. The lowest BCUT2D eigenvalue weighted by atomic mass is 10.1. The number of rotatable bonds is 4. The number of nitrogen functional groups attached to an aromatic ring is 1. The van der Waals surface area contributed by atoms with Crippen molar-refractivity contribution in [1.29, 1.82) is 0 Å². The number of fused-ring (bicyclic) bond motifs is 2. The Bertz CT molecular complexity index is 1630. The molecule has 4 heterocycles. The van der Waals surface area contributed by atoms with Crippen molar-refractivity contribution in [3.8, 4) is 11.5 Å². The van der Waals surface area contributed by atoms with Crippen molar-refractivity contribution in [3.63, 3.8) is 0 Å². The second kappa shape index (κ2) is 7.80. The number of carbonyl (C=O) groups is 2. The zero-order chi connectivity index (χ0) is 24.1. The highest BCUT2D eigenvalue weighted by Gasteiger charge is 2.38. The summed E-state index contributed by atoms with van der Waals surface area (Å²) < 4.78 is 15.8. The number of halogens is 1. The second-order valence-electron chi connectivity index (χ2n) is 7.93. The molecular weight excluding hydrogens is 449 g/mol. The predicted molar refractivity (Wildman–Crippen MR) is 126 cm³/mol. The SMILES string of the molecule is Nc1nc(-c2nn(Cc3ccccc3F)c3ncccc23)ncc1N1C(=O)c2ccccc2C1=O. The van der Waals surface area contributed by atoms with Gasteiger partial charge in [0, 0.05) is 11.8 Å². The molecule has 6 rings (SSSR count). The molecule has 0 fully saturated rings. The van der Waals surface area contributed by atoms with Crippen molar-refractivity contribution in [1.82, 2.24) is 24.7 Å². The Morgan fingerprint density at radius 2 is 1.60 bits per heavy atom. The molecule has 0 unspecified atom stereocenters. The molecule has 2 aromatic carbocycles. The first-order valence-corrected chi connectivity index (χ1v) is 10.7. The van der Waals surface area contributed by atoms with Gasteiger partial charge in [0.05, 0.1) is 29.3 Å². The molecule has 2 amide bonds. The predicted octanol–water partition coefficient (Wildman–Crippen LogP) is 3.46. The molecule has 10 heteroatoms. The molecule has 0 saturated heterocycles. The first kappa shape index (κ1) is 20.6. The van der Waals surface area contributed by atoms with E-state index in [9.17, 15) is 14.0 Å². The Morgan fingerprint density at radius 1 is 0.886 bits per heavy atom. The third-order valence-corrected chi connectivity index (χ3v) is 5.83. The second-order valence-corrected chi connectivity index (χ2v) is 7.93. The van der Waals surface area contributed by atoms with Crippen molar-refractivity contribution in [3.05, 3.63) is 95.6 Å². The Labute approximate surface area is 197 Å². The van der Waals surface area contributed by atoms with E-state index in [2.05, 4.69) is 20.1 Å². The Kier molecular flexibility index (Phi) is 4.59. The Morgan fingerprint density at radius 3 is 2.31 bits per heavy atom. The third kappa shape index (κ3) is 3.22. The van der Waals surface area contributed by atoms with Gasteiger partial charge in [-0.05, 0) is 30.3 Å². The van der Waals surface area contributed by atoms with Crippen LogP contribution in [0.3, 0.4) is 0 Å². The summed E-state index contributed by atoms with van der Waals surface area (Å²) in [7, 11) is 0. The van der Waals surface area contributed by atoms with Gasteiger partial charge in [0.1, 0.15) is 17.2 Å². The maximum Gasteiger partial charge on any atom is 0.266 e. The van der Waals surface area contributed by atoms with E-state index < -0.39 is 11.8 Å². The van der Waals surface area contributed by atoms with E-state index in [1.165, 1.54) is 12.3 Å². The van der Waals surface area contributed by atoms with E-state index in [0.717, 1.165) is 4.90 Å². The normalized spacial score (nSPS) is 13.0. The van der Waals surface area contributed by atoms with Gasteiger partial charge in [0.25, 0.3) is 11.8 Å². The number of aromatic nitrogens is 5. The molecule has 3 aromatic heterocycles. The van der Waals surface area contributed by atoms with Gasteiger partial charge < -0.3 is 5.73 Å². The fourth-order valence-corrected chi connectivity index (χ4v) is 4.16. The topological polar surface area (TPSA) is 120 Å². The van der Waals surface area contributed by atoms with Crippen LogP contribution in [-0.2, 0) is 6.54 Å². The van der Waals surface area contributed by atoms with Crippen LogP contribution in [0.5, 0.6) is 0 Å². The van der Waals surface area contributed by atoms with Crippen molar-refractivity contribution >= 4 is 34.4 Å². The average Bonchev–Trinajstić information content (AvgIpc) is 3.36. The summed E-state index contributed by atoms with van der Waals surface area (Å²) in [5.41, 5.74) is 8.25. The smallest absolute Gasteiger partial charge is 0.266 e. The molecule has 1 aliphatic rings. The van der Waals surface area contributed by atoms with Crippen LogP contribution in [0.4, 0.5) is 15.9 Å². The molecule has 0 atom stereocenters. The van der Waals surface area contributed by atoms with Crippen LogP contribution < -0.4 is 10.6 Å². The lowest BCUT2D eigenvalue weighted by Crippen LogP contribution is -2.30. The average molecular weight is 465 g/mol. The summed E-state index contributed by atoms with van der Waals surface area (Å²) in [5, 5.41) is 5.24. The number of benzene rings is 2. The number of anilines is 2. The molecule has 5 aromatic rings. The Balaban J connectivity index is 1.41. The number of nitrogens with zero attached hydrogens (tertiary/aromatic N) is 6. The largest absolute Gasteiger partial charge is 0.382 e. The molecule has 2 N–H and O–H groups in total. The van der Waals surface area contributed by atoms with Gasteiger partial charge in [0.15, 0.2) is 17.3 Å². The van der Waals surface area contributed by atoms with Gasteiger partial charge in [-0.1, -0.05) is 30.3 Å². The summed E-state index contributed by atoms with van der Waals surface area (Å²) in [5.74, 6) is -1.19. The quantitative estimate of drug-likeness (QED) is 0.404. The molecule has 0 bridgehead atoms. The molecule has 35 heavy (non-hydrogen) atoms. The number of hydrogen-bond donors (Lipinski definition) is 1. The zero-order valence-electron chi connectivity index (χ0n) is 18.1. The first-order chi connectivity index (χ1) is 17.0. The molecule has 0 spiro atoms. The van der Waals surface area contributed by atoms with Gasteiger partial charge in [-0.3, -0.25) is 9.59 Å². The van der Waals surface area contributed by atoms with Crippen LogP contribution >= 0.6 is 0 Å². The maximum atomic E-state index is 14.2. The van der Waals surface area contributed by atoms with E-state index in [0.29, 0.717) is 33.4 Å². The monoisotopic (exact) mass is 465 g/mol. The highest BCUT2D eigenvalue weighted by molar-refractivity contribution is 6.35. The van der Waals surface area contributed by atoms with Crippen molar-refractivity contribution in [2.45, 2.75) is 6.54 Å². The minimum absolute atomic E-state index is 0.0507. The van der Waals surface area contributed by atoms with Gasteiger partial charge in [0.2, 0.25) is 0 Å². The molecule has 0 aliphatic carbocycles. The van der Waals surface area contributed by atoms with E-state index in [1.807, 2.05) is 0 Å². The van der Waals surface area contributed by atoms with E-state index in [-0.39, 0.29) is 29.7 Å². The summed E-state index contributed by atoms with van der Waals surface area (Å²) in [6.07, 6.45) is 2.95. The summed E-state index contributed by atoms with van der Waals surface area (Å²) >= 11 is 0. The van der Waals surface area contributed by atoms with E-state index in [4.69, 9.17) is 5.73 Å². The summed E-state index contributed by atoms with van der Waals surface area (Å²) in [4.78, 5) is 39.7. The number of nitrogens with two attached hydrogens (primary N) is 1. The van der Waals surface area contributed by atoms with Crippen LogP contribution in [0.1, 0.15) is 26.3 Å². The van der Waals surface area contributed by atoms with Crippen LogP contribution in [0, 0.1) is 5.82 Å². The number of carbonyl (C=O) groups excluding carboxylic acids is 2. The highest BCUT2D eigenvalue weighted by Crippen LogP contribution is 2.33. The zero-order valence-corrected chi connectivity index (χ0v) is 18.1. The lowest BCUT2D eigenvalue weighted by molar-refractivity contribution is 0.0926. The molecule has 0 radical (unpaired) electrons. The van der Waals surface area contributed by atoms with Crippen molar-refractivity contribution in [2.24, 2.45) is 0 Å². The first-order valence-electron chi connectivity index (χ1n) is 10.7. The van der Waals surface area contributed by atoms with Crippen molar-refractivity contribution < 1.29 is 14.0 Å². The summed E-state index contributed by atoms with van der Waals surface area (Å²) in [6, 6.07) is 16.5.